The summed E-state index contributed by atoms with van der Waals surface area (Å²) in [5.41, 5.74) is 14.0. The van der Waals surface area contributed by atoms with E-state index >= 15 is 0 Å². The predicted molar refractivity (Wildman–Crippen MR) is 120 cm³/mol. The third kappa shape index (κ3) is 13.6. The Kier molecular flexibility index (Phi) is 15.0. The van der Waals surface area contributed by atoms with E-state index in [0.29, 0.717) is 0 Å². The number of aliphatic imine (C=N–C) groups is 1. The highest BCUT2D eigenvalue weighted by atomic mass is 15.0. The van der Waals surface area contributed by atoms with Gasteiger partial charge in [0.15, 0.2) is 5.96 Å². The average molecular weight is 379 g/mol. The largest absolute Gasteiger partial charge is 0.388 e. The molecule has 1 rings (SSSR count). The third-order valence-electron chi connectivity index (χ3n) is 5.63. The van der Waals surface area contributed by atoms with Crippen molar-refractivity contribution in [1.82, 2.24) is 5.32 Å². The van der Waals surface area contributed by atoms with Crippen LogP contribution in [0.1, 0.15) is 116 Å². The zero-order valence-electron chi connectivity index (χ0n) is 18.0. The number of hydrogen-bond donors (Lipinski definition) is 3. The van der Waals surface area contributed by atoms with E-state index in [4.69, 9.17) is 11.5 Å². The quantitative estimate of drug-likeness (QED) is 0.161. The molecule has 5 N–H and O–H groups in total. The van der Waals surface area contributed by atoms with Crippen molar-refractivity contribution >= 4 is 5.96 Å². The van der Waals surface area contributed by atoms with E-state index < -0.39 is 0 Å². The van der Waals surface area contributed by atoms with Gasteiger partial charge >= 0.3 is 0 Å². The minimum atomic E-state index is 0.205. The molecule has 4 nitrogen and oxygen atoms in total. The van der Waals surface area contributed by atoms with Crippen LogP contribution in [0.15, 0.2) is 16.3 Å². The first-order valence-corrected chi connectivity index (χ1v) is 11.7. The second-order valence-electron chi connectivity index (χ2n) is 8.16. The maximum Gasteiger partial charge on any atom is 0.185 e. The molecule has 0 bridgehead atoms. The van der Waals surface area contributed by atoms with Gasteiger partial charge in [0.2, 0.25) is 0 Å². The second kappa shape index (κ2) is 16.9. The molecule has 0 aromatic carbocycles. The van der Waals surface area contributed by atoms with Crippen molar-refractivity contribution in [2.45, 2.75) is 116 Å². The summed E-state index contributed by atoms with van der Waals surface area (Å²) in [7, 11) is 0. The van der Waals surface area contributed by atoms with Crippen LogP contribution < -0.4 is 16.8 Å². The second-order valence-corrected chi connectivity index (χ2v) is 8.16. The van der Waals surface area contributed by atoms with Crippen molar-refractivity contribution in [3.63, 3.8) is 0 Å². The Morgan fingerprint density at radius 3 is 1.93 bits per heavy atom. The van der Waals surface area contributed by atoms with Gasteiger partial charge in [0, 0.05) is 18.8 Å². The predicted octanol–water partition coefficient (Wildman–Crippen LogP) is 5.77. The number of guanidine groups is 1. The van der Waals surface area contributed by atoms with Crippen molar-refractivity contribution in [3.05, 3.63) is 11.3 Å². The van der Waals surface area contributed by atoms with Gasteiger partial charge < -0.3 is 16.8 Å². The Morgan fingerprint density at radius 1 is 0.815 bits per heavy atom. The van der Waals surface area contributed by atoms with Gasteiger partial charge in [-0.1, -0.05) is 76.7 Å². The summed E-state index contributed by atoms with van der Waals surface area (Å²) in [5, 5.41) is 3.71. The van der Waals surface area contributed by atoms with Crippen molar-refractivity contribution in [2.75, 3.05) is 13.1 Å². The molecule has 158 valence electrons. The molecule has 0 heterocycles. The van der Waals surface area contributed by atoms with Gasteiger partial charge in [-0.3, -0.25) is 4.99 Å². The van der Waals surface area contributed by atoms with Crippen LogP contribution >= 0.6 is 0 Å². The summed E-state index contributed by atoms with van der Waals surface area (Å²) in [6, 6.07) is 0. The Bertz CT molecular complexity index is 405. The minimum absolute atomic E-state index is 0.205. The molecule has 0 unspecified atom stereocenters. The van der Waals surface area contributed by atoms with Crippen LogP contribution in [0.2, 0.25) is 0 Å². The molecule has 0 aromatic rings. The molecule has 0 spiro atoms. The fourth-order valence-corrected chi connectivity index (χ4v) is 3.70. The van der Waals surface area contributed by atoms with Crippen LogP contribution in [0.4, 0.5) is 0 Å². The summed E-state index contributed by atoms with van der Waals surface area (Å²) < 4.78 is 0. The fraction of sp³-hybridized carbons (Fsp3) is 0.870. The number of unbranched alkanes of at least 4 members (excludes halogenated alkanes) is 11. The number of nitrogens with two attached hydrogens (primary N) is 2. The SMILES string of the molecule is CCCCCCCCCCCCCC(NCCCCN=C(N)N)=C1CCC1. The van der Waals surface area contributed by atoms with E-state index in [9.17, 15) is 0 Å². The van der Waals surface area contributed by atoms with Crippen LogP contribution in [0, 0.1) is 0 Å². The lowest BCUT2D eigenvalue weighted by atomic mass is 9.89. The van der Waals surface area contributed by atoms with Crippen LogP contribution in [0.3, 0.4) is 0 Å². The minimum Gasteiger partial charge on any atom is -0.388 e. The van der Waals surface area contributed by atoms with E-state index in [1.54, 1.807) is 11.3 Å². The molecule has 4 heteroatoms. The maximum absolute atomic E-state index is 5.36. The lowest BCUT2D eigenvalue weighted by molar-refractivity contribution is 0.539. The lowest BCUT2D eigenvalue weighted by Crippen LogP contribution is -2.23. The van der Waals surface area contributed by atoms with Gasteiger partial charge in [0.25, 0.3) is 0 Å². The summed E-state index contributed by atoms with van der Waals surface area (Å²) in [4.78, 5) is 4.05. The van der Waals surface area contributed by atoms with E-state index in [0.717, 1.165) is 25.9 Å². The topological polar surface area (TPSA) is 76.4 Å². The van der Waals surface area contributed by atoms with Crippen LogP contribution in [-0.2, 0) is 0 Å². The van der Waals surface area contributed by atoms with E-state index in [-0.39, 0.29) is 5.96 Å². The third-order valence-corrected chi connectivity index (χ3v) is 5.63. The smallest absolute Gasteiger partial charge is 0.185 e. The number of rotatable bonds is 18. The van der Waals surface area contributed by atoms with E-state index in [1.165, 1.54) is 96.3 Å². The summed E-state index contributed by atoms with van der Waals surface area (Å²) >= 11 is 0. The summed E-state index contributed by atoms with van der Waals surface area (Å²) in [5.74, 6) is 0.205. The van der Waals surface area contributed by atoms with Crippen LogP contribution in [0.25, 0.3) is 0 Å². The standard InChI is InChI=1S/C23H46N4/c1-2-3-4-5-6-7-8-9-10-11-12-18-22(21-16-15-17-21)26-19-13-14-20-27-23(24)25/h26H,2-20H2,1H3,(H4,24,25,27). The molecule has 27 heavy (non-hydrogen) atoms. The Hall–Kier alpha value is -1.19. The fourth-order valence-electron chi connectivity index (χ4n) is 3.70. The molecule has 0 saturated heterocycles. The molecular formula is C23H46N4. The Balaban J connectivity index is 2.00. The molecule has 1 saturated carbocycles. The van der Waals surface area contributed by atoms with Gasteiger partial charge in [0.1, 0.15) is 0 Å². The zero-order valence-corrected chi connectivity index (χ0v) is 18.0. The highest BCUT2D eigenvalue weighted by Gasteiger charge is 2.14. The molecule has 0 aliphatic heterocycles. The molecule has 0 aromatic heterocycles. The Morgan fingerprint density at radius 2 is 1.41 bits per heavy atom. The van der Waals surface area contributed by atoms with Crippen LogP contribution in [-0.4, -0.2) is 19.0 Å². The highest BCUT2D eigenvalue weighted by molar-refractivity contribution is 5.75. The summed E-state index contributed by atoms with van der Waals surface area (Å²) in [6.45, 7) is 4.09. The van der Waals surface area contributed by atoms with E-state index in [1.807, 2.05) is 0 Å². The molecule has 1 aliphatic rings. The molecule has 1 aliphatic carbocycles. The molecular weight excluding hydrogens is 332 g/mol. The molecule has 0 amide bonds. The first-order chi connectivity index (χ1) is 13.2. The molecule has 1 fully saturated rings. The van der Waals surface area contributed by atoms with Gasteiger partial charge in [-0.2, -0.15) is 0 Å². The van der Waals surface area contributed by atoms with Crippen molar-refractivity contribution in [1.29, 1.82) is 0 Å². The normalized spacial score (nSPS) is 13.3. The first kappa shape index (κ1) is 23.8. The van der Waals surface area contributed by atoms with Crippen LogP contribution in [0.5, 0.6) is 0 Å². The van der Waals surface area contributed by atoms with Gasteiger partial charge in [-0.25, -0.2) is 0 Å². The Labute approximate surface area is 168 Å². The summed E-state index contributed by atoms with van der Waals surface area (Å²) in [6.07, 6.45) is 23.0. The highest BCUT2D eigenvalue weighted by Crippen LogP contribution is 2.30. The number of nitrogens with zero attached hydrogens (tertiary/aromatic N) is 1. The number of allylic oxidation sites excluding steroid dienone is 2. The van der Waals surface area contributed by atoms with Crippen molar-refractivity contribution < 1.29 is 0 Å². The maximum atomic E-state index is 5.36. The average Bonchev–Trinajstić information content (AvgIpc) is 2.60. The van der Waals surface area contributed by atoms with Gasteiger partial charge in [-0.15, -0.1) is 0 Å². The van der Waals surface area contributed by atoms with Gasteiger partial charge in [-0.05, 0) is 44.9 Å². The molecule has 0 radical (unpaired) electrons. The zero-order chi connectivity index (χ0) is 19.6. The molecule has 0 atom stereocenters. The van der Waals surface area contributed by atoms with Crippen molar-refractivity contribution in [2.24, 2.45) is 16.5 Å². The number of hydrogen-bond acceptors (Lipinski definition) is 2. The monoisotopic (exact) mass is 378 g/mol. The lowest BCUT2D eigenvalue weighted by Gasteiger charge is -2.23. The van der Waals surface area contributed by atoms with E-state index in [2.05, 4.69) is 17.2 Å². The van der Waals surface area contributed by atoms with Crippen molar-refractivity contribution in [3.8, 4) is 0 Å². The first-order valence-electron chi connectivity index (χ1n) is 11.7. The van der Waals surface area contributed by atoms with Gasteiger partial charge in [0.05, 0.1) is 0 Å². The number of nitrogens with one attached hydrogen (secondary N) is 1.